The van der Waals surface area contributed by atoms with Crippen LogP contribution in [0.15, 0.2) is 0 Å². The summed E-state index contributed by atoms with van der Waals surface area (Å²) in [6.45, 7) is 14.8. The minimum Gasteiger partial charge on any atom is -0.372 e. The molecule has 0 saturated carbocycles. The standard InChI is InChI=1S/C13H26O2/c1-7-13(10(2)3)11(12(4,5)6)14-8-9-15-13/h10-11H,7-9H2,1-6H3. The third-order valence-electron chi connectivity index (χ3n) is 3.50. The van der Waals surface area contributed by atoms with Gasteiger partial charge in [-0.2, -0.15) is 0 Å². The van der Waals surface area contributed by atoms with E-state index >= 15 is 0 Å². The Kier molecular flexibility index (Phi) is 3.83. The average Bonchev–Trinajstić information content (AvgIpc) is 2.16. The van der Waals surface area contributed by atoms with Crippen molar-refractivity contribution in [1.29, 1.82) is 0 Å². The van der Waals surface area contributed by atoms with Crippen LogP contribution in [0.25, 0.3) is 0 Å². The summed E-state index contributed by atoms with van der Waals surface area (Å²) in [5.74, 6) is 0.493. The van der Waals surface area contributed by atoms with E-state index in [0.717, 1.165) is 19.6 Å². The zero-order valence-electron chi connectivity index (χ0n) is 11.1. The molecule has 2 heteroatoms. The smallest absolute Gasteiger partial charge is 0.0969 e. The lowest BCUT2D eigenvalue weighted by atomic mass is 9.71. The normalized spacial score (nSPS) is 33.4. The predicted molar refractivity (Wildman–Crippen MR) is 63.0 cm³/mol. The molecular formula is C13H26O2. The van der Waals surface area contributed by atoms with E-state index in [-0.39, 0.29) is 17.1 Å². The van der Waals surface area contributed by atoms with Crippen LogP contribution in [0.5, 0.6) is 0 Å². The molecule has 0 aliphatic carbocycles. The predicted octanol–water partition coefficient (Wildman–Crippen LogP) is 3.25. The third kappa shape index (κ3) is 2.36. The zero-order valence-corrected chi connectivity index (χ0v) is 11.1. The highest BCUT2D eigenvalue weighted by molar-refractivity contribution is 4.98. The van der Waals surface area contributed by atoms with Gasteiger partial charge in [0.05, 0.1) is 24.9 Å². The first-order valence-corrected chi connectivity index (χ1v) is 6.10. The number of rotatable bonds is 2. The van der Waals surface area contributed by atoms with E-state index in [2.05, 4.69) is 41.5 Å². The van der Waals surface area contributed by atoms with E-state index in [4.69, 9.17) is 9.47 Å². The van der Waals surface area contributed by atoms with E-state index in [9.17, 15) is 0 Å². The van der Waals surface area contributed by atoms with E-state index in [0.29, 0.717) is 5.92 Å². The van der Waals surface area contributed by atoms with Gasteiger partial charge in [0, 0.05) is 0 Å². The molecule has 90 valence electrons. The SMILES string of the molecule is CCC1(C(C)C)OCCOC1C(C)(C)C. The van der Waals surface area contributed by atoms with Gasteiger partial charge in [-0.25, -0.2) is 0 Å². The summed E-state index contributed by atoms with van der Waals surface area (Å²) in [5.41, 5.74) is 0.0389. The molecule has 1 rings (SSSR count). The van der Waals surface area contributed by atoms with Gasteiger partial charge >= 0.3 is 0 Å². The van der Waals surface area contributed by atoms with Crippen LogP contribution >= 0.6 is 0 Å². The van der Waals surface area contributed by atoms with Gasteiger partial charge in [0.2, 0.25) is 0 Å². The maximum Gasteiger partial charge on any atom is 0.0969 e. The second-order valence-corrected chi connectivity index (χ2v) is 5.93. The molecule has 1 saturated heterocycles. The lowest BCUT2D eigenvalue weighted by Crippen LogP contribution is -2.59. The minimum atomic E-state index is -0.101. The summed E-state index contributed by atoms with van der Waals surface area (Å²) >= 11 is 0. The van der Waals surface area contributed by atoms with Gasteiger partial charge in [-0.05, 0) is 17.8 Å². The van der Waals surface area contributed by atoms with E-state index in [1.54, 1.807) is 0 Å². The monoisotopic (exact) mass is 214 g/mol. The molecule has 0 radical (unpaired) electrons. The first-order chi connectivity index (χ1) is 6.84. The van der Waals surface area contributed by atoms with Gasteiger partial charge in [-0.1, -0.05) is 41.5 Å². The van der Waals surface area contributed by atoms with Crippen molar-refractivity contribution in [1.82, 2.24) is 0 Å². The zero-order chi connectivity index (χ0) is 11.7. The highest BCUT2D eigenvalue weighted by atomic mass is 16.6. The Labute approximate surface area is 94.3 Å². The summed E-state index contributed by atoms with van der Waals surface area (Å²) in [7, 11) is 0. The fourth-order valence-electron chi connectivity index (χ4n) is 2.76. The molecule has 0 bridgehead atoms. The molecular weight excluding hydrogens is 188 g/mol. The molecule has 15 heavy (non-hydrogen) atoms. The quantitative estimate of drug-likeness (QED) is 0.702. The van der Waals surface area contributed by atoms with Gasteiger partial charge in [0.25, 0.3) is 0 Å². The van der Waals surface area contributed by atoms with Crippen LogP contribution < -0.4 is 0 Å². The van der Waals surface area contributed by atoms with Crippen LogP contribution in [0.3, 0.4) is 0 Å². The van der Waals surface area contributed by atoms with Crippen molar-refractivity contribution < 1.29 is 9.47 Å². The molecule has 2 nitrogen and oxygen atoms in total. The van der Waals surface area contributed by atoms with Crippen LogP contribution in [-0.2, 0) is 9.47 Å². The number of ether oxygens (including phenoxy) is 2. The number of hydrogen-bond donors (Lipinski definition) is 0. The molecule has 0 aromatic heterocycles. The molecule has 2 unspecified atom stereocenters. The van der Waals surface area contributed by atoms with Crippen LogP contribution in [0.1, 0.15) is 48.0 Å². The van der Waals surface area contributed by atoms with Crippen LogP contribution in [-0.4, -0.2) is 24.9 Å². The summed E-state index contributed by atoms with van der Waals surface area (Å²) in [6, 6.07) is 0. The van der Waals surface area contributed by atoms with E-state index in [1.165, 1.54) is 0 Å². The van der Waals surface area contributed by atoms with Crippen molar-refractivity contribution in [2.45, 2.75) is 59.7 Å². The third-order valence-corrected chi connectivity index (χ3v) is 3.50. The molecule has 1 heterocycles. The molecule has 1 aliphatic heterocycles. The largest absolute Gasteiger partial charge is 0.372 e. The maximum atomic E-state index is 6.09. The molecule has 2 atom stereocenters. The first kappa shape index (κ1) is 13.0. The van der Waals surface area contributed by atoms with E-state index in [1.807, 2.05) is 0 Å². The Morgan fingerprint density at radius 3 is 2.20 bits per heavy atom. The lowest BCUT2D eigenvalue weighted by molar-refractivity contribution is -0.250. The summed E-state index contributed by atoms with van der Waals surface area (Å²) in [5, 5.41) is 0. The Morgan fingerprint density at radius 2 is 1.87 bits per heavy atom. The van der Waals surface area contributed by atoms with Gasteiger partial charge < -0.3 is 9.47 Å². The van der Waals surface area contributed by atoms with Gasteiger partial charge in [0.1, 0.15) is 0 Å². The van der Waals surface area contributed by atoms with Crippen LogP contribution in [0.4, 0.5) is 0 Å². The topological polar surface area (TPSA) is 18.5 Å². The Hall–Kier alpha value is -0.0800. The molecule has 1 aliphatic rings. The van der Waals surface area contributed by atoms with Gasteiger partial charge in [-0.15, -0.1) is 0 Å². The summed E-state index contributed by atoms with van der Waals surface area (Å²) < 4.78 is 12.1. The second-order valence-electron chi connectivity index (χ2n) is 5.93. The van der Waals surface area contributed by atoms with Gasteiger partial charge in [-0.3, -0.25) is 0 Å². The minimum absolute atomic E-state index is 0.101. The van der Waals surface area contributed by atoms with E-state index < -0.39 is 0 Å². The molecule has 0 aromatic rings. The Morgan fingerprint density at radius 1 is 1.27 bits per heavy atom. The second kappa shape index (κ2) is 4.42. The van der Waals surface area contributed by atoms with Crippen molar-refractivity contribution in [3.63, 3.8) is 0 Å². The van der Waals surface area contributed by atoms with Crippen molar-refractivity contribution in [2.24, 2.45) is 11.3 Å². The molecule has 0 N–H and O–H groups in total. The highest BCUT2D eigenvalue weighted by Gasteiger charge is 2.49. The first-order valence-electron chi connectivity index (χ1n) is 6.10. The molecule has 0 spiro atoms. The van der Waals surface area contributed by atoms with Crippen molar-refractivity contribution in [3.8, 4) is 0 Å². The fraction of sp³-hybridized carbons (Fsp3) is 1.00. The average molecular weight is 214 g/mol. The highest BCUT2D eigenvalue weighted by Crippen LogP contribution is 2.42. The van der Waals surface area contributed by atoms with Gasteiger partial charge in [0.15, 0.2) is 0 Å². The fourth-order valence-corrected chi connectivity index (χ4v) is 2.76. The molecule has 0 amide bonds. The summed E-state index contributed by atoms with van der Waals surface area (Å²) in [4.78, 5) is 0. The van der Waals surface area contributed by atoms with Crippen LogP contribution in [0, 0.1) is 11.3 Å². The van der Waals surface area contributed by atoms with Crippen molar-refractivity contribution in [2.75, 3.05) is 13.2 Å². The number of hydrogen-bond acceptors (Lipinski definition) is 2. The lowest BCUT2D eigenvalue weighted by Gasteiger charge is -2.51. The maximum absolute atomic E-state index is 6.09. The molecule has 0 aromatic carbocycles. The van der Waals surface area contributed by atoms with Crippen molar-refractivity contribution >= 4 is 0 Å². The Balaban J connectivity index is 2.99. The Bertz CT molecular complexity index is 205. The van der Waals surface area contributed by atoms with Crippen LogP contribution in [0.2, 0.25) is 0 Å². The van der Waals surface area contributed by atoms with Crippen molar-refractivity contribution in [3.05, 3.63) is 0 Å². The summed E-state index contributed by atoms with van der Waals surface area (Å²) in [6.07, 6.45) is 1.22. The molecule has 1 fully saturated rings.